The van der Waals surface area contributed by atoms with Crippen molar-refractivity contribution in [1.29, 1.82) is 0 Å². The number of hydrogen-bond acceptors (Lipinski definition) is 4. The minimum atomic E-state index is -0.720. The number of carbonyl (C=O) groups is 1. The average Bonchev–Trinajstić information content (AvgIpc) is 2.76. The number of hydrogen-bond donors (Lipinski definition) is 3. The number of amides is 1. The third-order valence-corrected chi connectivity index (χ3v) is 2.95. The second-order valence-corrected chi connectivity index (χ2v) is 4.36. The summed E-state index contributed by atoms with van der Waals surface area (Å²) in [7, 11) is 0. The lowest BCUT2D eigenvalue weighted by Crippen LogP contribution is -2.34. The Labute approximate surface area is 111 Å². The van der Waals surface area contributed by atoms with Gasteiger partial charge in [0.1, 0.15) is 6.04 Å². The number of rotatable bonds is 4. The van der Waals surface area contributed by atoms with Gasteiger partial charge in [0.2, 0.25) is 5.91 Å². The van der Waals surface area contributed by atoms with Gasteiger partial charge in [0.25, 0.3) is 0 Å². The molecule has 2 rings (SSSR count). The molecular formula is C13H17N5O. The van der Waals surface area contributed by atoms with Crippen LogP contribution in [0.4, 0.5) is 0 Å². The Kier molecular flexibility index (Phi) is 3.91. The van der Waals surface area contributed by atoms with Gasteiger partial charge in [-0.05, 0) is 26.0 Å². The fraction of sp³-hybridized carbons (Fsp3) is 0.308. The Morgan fingerprint density at radius 3 is 2.84 bits per heavy atom. The first kappa shape index (κ1) is 13.2. The minimum absolute atomic E-state index is 0.238. The molecule has 4 N–H and O–H groups in total. The molecule has 0 aliphatic heterocycles. The highest BCUT2D eigenvalue weighted by atomic mass is 16.2. The number of aromatic amines is 1. The number of H-pyrrole nitrogens is 1. The molecule has 1 amide bonds. The van der Waals surface area contributed by atoms with E-state index in [4.69, 9.17) is 5.73 Å². The second-order valence-electron chi connectivity index (χ2n) is 4.36. The van der Waals surface area contributed by atoms with Gasteiger partial charge < -0.3 is 11.1 Å². The summed E-state index contributed by atoms with van der Waals surface area (Å²) in [4.78, 5) is 16.1. The van der Waals surface area contributed by atoms with Crippen LogP contribution in [0.1, 0.15) is 28.7 Å². The normalized spacial score (nSPS) is 12.2. The van der Waals surface area contributed by atoms with Crippen LogP contribution in [0.15, 0.2) is 24.4 Å². The van der Waals surface area contributed by atoms with E-state index >= 15 is 0 Å². The number of aryl methyl sites for hydroxylation is 2. The van der Waals surface area contributed by atoms with Crippen LogP contribution < -0.4 is 11.1 Å². The van der Waals surface area contributed by atoms with Crippen LogP contribution in [0.5, 0.6) is 0 Å². The maximum atomic E-state index is 12.0. The van der Waals surface area contributed by atoms with Crippen molar-refractivity contribution >= 4 is 5.91 Å². The van der Waals surface area contributed by atoms with Gasteiger partial charge in [0.05, 0.1) is 17.9 Å². The number of aromatic nitrogens is 3. The van der Waals surface area contributed by atoms with Crippen molar-refractivity contribution in [3.8, 4) is 0 Å². The molecule has 0 aliphatic carbocycles. The SMILES string of the molecule is Cc1n[nH]c(C)c1C(N)C(=O)NCc1ccccn1. The molecule has 2 heterocycles. The molecule has 0 radical (unpaired) electrons. The van der Waals surface area contributed by atoms with Crippen LogP contribution in [-0.2, 0) is 11.3 Å². The molecule has 1 unspecified atom stereocenters. The molecule has 0 aromatic carbocycles. The summed E-state index contributed by atoms with van der Waals surface area (Å²) < 4.78 is 0. The first-order valence-electron chi connectivity index (χ1n) is 6.04. The highest BCUT2D eigenvalue weighted by Gasteiger charge is 2.21. The lowest BCUT2D eigenvalue weighted by Gasteiger charge is -2.12. The molecule has 0 fully saturated rings. The average molecular weight is 259 g/mol. The van der Waals surface area contributed by atoms with Crippen molar-refractivity contribution in [2.75, 3.05) is 0 Å². The largest absolute Gasteiger partial charge is 0.349 e. The summed E-state index contributed by atoms with van der Waals surface area (Å²) in [6.45, 7) is 4.04. The van der Waals surface area contributed by atoms with Gasteiger partial charge in [-0.3, -0.25) is 14.9 Å². The zero-order valence-electron chi connectivity index (χ0n) is 11.0. The molecule has 0 saturated heterocycles. The maximum absolute atomic E-state index is 12.0. The van der Waals surface area contributed by atoms with E-state index in [0.29, 0.717) is 6.54 Å². The molecule has 19 heavy (non-hydrogen) atoms. The van der Waals surface area contributed by atoms with E-state index in [1.807, 2.05) is 32.0 Å². The summed E-state index contributed by atoms with van der Waals surface area (Å²) in [5.41, 5.74) is 9.07. The standard InChI is InChI=1S/C13H17N5O/c1-8-11(9(2)18-17-8)12(14)13(19)16-7-10-5-3-4-6-15-10/h3-6,12H,7,14H2,1-2H3,(H,16,19)(H,17,18). The van der Waals surface area contributed by atoms with Crippen molar-refractivity contribution in [3.05, 3.63) is 47.0 Å². The fourth-order valence-electron chi connectivity index (χ4n) is 1.94. The molecule has 0 bridgehead atoms. The summed E-state index contributed by atoms with van der Waals surface area (Å²) in [5.74, 6) is -0.238. The Morgan fingerprint density at radius 2 is 2.26 bits per heavy atom. The highest BCUT2D eigenvalue weighted by molar-refractivity contribution is 5.83. The first-order chi connectivity index (χ1) is 9.09. The van der Waals surface area contributed by atoms with E-state index in [2.05, 4.69) is 20.5 Å². The maximum Gasteiger partial charge on any atom is 0.241 e. The highest BCUT2D eigenvalue weighted by Crippen LogP contribution is 2.17. The van der Waals surface area contributed by atoms with E-state index in [1.54, 1.807) is 6.20 Å². The molecule has 6 nitrogen and oxygen atoms in total. The van der Waals surface area contributed by atoms with Crippen LogP contribution in [0, 0.1) is 13.8 Å². The summed E-state index contributed by atoms with van der Waals surface area (Å²) >= 11 is 0. The van der Waals surface area contributed by atoms with Gasteiger partial charge in [0.15, 0.2) is 0 Å². The van der Waals surface area contributed by atoms with Gasteiger partial charge in [-0.1, -0.05) is 6.07 Å². The van der Waals surface area contributed by atoms with Gasteiger partial charge in [-0.2, -0.15) is 5.10 Å². The number of pyridine rings is 1. The van der Waals surface area contributed by atoms with Crippen LogP contribution in [0.3, 0.4) is 0 Å². The van der Waals surface area contributed by atoms with Gasteiger partial charge in [0, 0.05) is 17.5 Å². The van der Waals surface area contributed by atoms with Crippen molar-refractivity contribution in [2.24, 2.45) is 5.73 Å². The molecule has 1 atom stereocenters. The lowest BCUT2D eigenvalue weighted by molar-refractivity contribution is -0.122. The summed E-state index contributed by atoms with van der Waals surface area (Å²) in [6.07, 6.45) is 1.69. The quantitative estimate of drug-likeness (QED) is 0.754. The monoisotopic (exact) mass is 259 g/mol. The Balaban J connectivity index is 2.01. The molecule has 100 valence electrons. The molecular weight excluding hydrogens is 242 g/mol. The molecule has 6 heteroatoms. The minimum Gasteiger partial charge on any atom is -0.349 e. The van der Waals surface area contributed by atoms with E-state index < -0.39 is 6.04 Å². The van der Waals surface area contributed by atoms with Crippen molar-refractivity contribution in [3.63, 3.8) is 0 Å². The van der Waals surface area contributed by atoms with E-state index in [0.717, 1.165) is 22.6 Å². The molecule has 2 aromatic heterocycles. The Bertz CT molecular complexity index is 544. The van der Waals surface area contributed by atoms with Gasteiger partial charge in [-0.25, -0.2) is 0 Å². The van der Waals surface area contributed by atoms with Crippen molar-refractivity contribution in [1.82, 2.24) is 20.5 Å². The number of nitrogens with two attached hydrogens (primary N) is 1. The van der Waals surface area contributed by atoms with Crippen molar-refractivity contribution < 1.29 is 4.79 Å². The fourth-order valence-corrected chi connectivity index (χ4v) is 1.94. The predicted octanol–water partition coefficient (Wildman–Crippen LogP) is 0.738. The summed E-state index contributed by atoms with van der Waals surface area (Å²) in [6, 6.07) is 4.83. The first-order valence-corrected chi connectivity index (χ1v) is 6.04. The zero-order chi connectivity index (χ0) is 13.8. The molecule has 2 aromatic rings. The van der Waals surface area contributed by atoms with E-state index in [1.165, 1.54) is 0 Å². The van der Waals surface area contributed by atoms with Crippen molar-refractivity contribution in [2.45, 2.75) is 26.4 Å². The van der Waals surface area contributed by atoms with Gasteiger partial charge in [-0.15, -0.1) is 0 Å². The zero-order valence-corrected chi connectivity index (χ0v) is 11.0. The third kappa shape index (κ3) is 2.97. The lowest BCUT2D eigenvalue weighted by atomic mass is 10.1. The molecule has 0 aliphatic rings. The van der Waals surface area contributed by atoms with Crippen LogP contribution in [-0.4, -0.2) is 21.1 Å². The van der Waals surface area contributed by atoms with Crippen LogP contribution in [0.2, 0.25) is 0 Å². The van der Waals surface area contributed by atoms with Gasteiger partial charge >= 0.3 is 0 Å². The topological polar surface area (TPSA) is 96.7 Å². The van der Waals surface area contributed by atoms with Crippen LogP contribution in [0.25, 0.3) is 0 Å². The molecule has 0 spiro atoms. The van der Waals surface area contributed by atoms with E-state index in [-0.39, 0.29) is 5.91 Å². The second kappa shape index (κ2) is 5.62. The number of carbonyl (C=O) groups excluding carboxylic acids is 1. The van der Waals surface area contributed by atoms with E-state index in [9.17, 15) is 4.79 Å². The summed E-state index contributed by atoms with van der Waals surface area (Å²) in [5, 5.41) is 9.64. The Hall–Kier alpha value is -2.21. The third-order valence-electron chi connectivity index (χ3n) is 2.95. The smallest absolute Gasteiger partial charge is 0.241 e. The Morgan fingerprint density at radius 1 is 1.47 bits per heavy atom. The number of nitrogens with one attached hydrogen (secondary N) is 2. The predicted molar refractivity (Wildman–Crippen MR) is 71.1 cm³/mol. The molecule has 0 saturated carbocycles. The van der Waals surface area contributed by atoms with Crippen LogP contribution >= 0.6 is 0 Å². The number of nitrogens with zero attached hydrogens (tertiary/aromatic N) is 2.